The fourth-order valence-corrected chi connectivity index (χ4v) is 3.72. The number of carbonyl (C=O) groups is 1. The molecular weight excluding hydrogens is 362 g/mol. The normalized spacial score (nSPS) is 18.0. The van der Waals surface area contributed by atoms with Gasteiger partial charge in [0.2, 0.25) is 0 Å². The molecule has 1 saturated heterocycles. The van der Waals surface area contributed by atoms with Gasteiger partial charge >= 0.3 is 6.03 Å². The van der Waals surface area contributed by atoms with Crippen molar-refractivity contribution in [3.63, 3.8) is 0 Å². The number of hydrogen-bond acceptors (Lipinski definition) is 7. The number of pyridine rings is 2. The Morgan fingerprint density at radius 1 is 1.22 bits per heavy atom. The second-order valence-corrected chi connectivity index (χ2v) is 8.00. The van der Waals surface area contributed by atoms with Gasteiger partial charge in [-0.15, -0.1) is 10.2 Å². The first-order valence-corrected chi connectivity index (χ1v) is 9.64. The third-order valence-corrected chi connectivity index (χ3v) is 5.71. The quantitative estimate of drug-likeness (QED) is 0.732. The fraction of sp³-hybridized carbons (Fsp3) is 0.389. The maximum Gasteiger partial charge on any atom is 0.323 e. The average Bonchev–Trinajstić information content (AvgIpc) is 3.09. The van der Waals surface area contributed by atoms with Gasteiger partial charge < -0.3 is 9.80 Å². The SMILES string of the molecule is Cc1nnc(-c2cnc3cnc(NC(=O)N4CCN(C)[C@H](C)C4)cc3c2)s1. The lowest BCUT2D eigenvalue weighted by molar-refractivity contribution is 0.125. The van der Waals surface area contributed by atoms with E-state index in [0.717, 1.165) is 33.0 Å². The van der Waals surface area contributed by atoms with Crippen LogP contribution in [0, 0.1) is 6.92 Å². The minimum Gasteiger partial charge on any atom is -0.322 e. The summed E-state index contributed by atoms with van der Waals surface area (Å²) in [6, 6.07) is 4.07. The summed E-state index contributed by atoms with van der Waals surface area (Å²) in [6.07, 6.45) is 3.44. The van der Waals surface area contributed by atoms with Gasteiger partial charge in [0.15, 0.2) is 0 Å². The number of rotatable bonds is 2. The molecule has 9 heteroatoms. The molecule has 8 nitrogen and oxygen atoms in total. The summed E-state index contributed by atoms with van der Waals surface area (Å²) in [5.41, 5.74) is 1.68. The van der Waals surface area contributed by atoms with Crippen molar-refractivity contribution in [1.29, 1.82) is 0 Å². The fourth-order valence-electron chi connectivity index (χ4n) is 3.05. The van der Waals surface area contributed by atoms with Gasteiger partial charge in [-0.2, -0.15) is 0 Å². The zero-order chi connectivity index (χ0) is 19.0. The minimum atomic E-state index is -0.120. The number of hydrogen-bond donors (Lipinski definition) is 1. The third-order valence-electron chi connectivity index (χ3n) is 4.82. The Hall–Kier alpha value is -2.65. The van der Waals surface area contributed by atoms with Crippen molar-refractivity contribution in [3.05, 3.63) is 29.5 Å². The first-order chi connectivity index (χ1) is 13.0. The number of aryl methyl sites for hydroxylation is 1. The molecule has 0 spiro atoms. The summed E-state index contributed by atoms with van der Waals surface area (Å²) in [4.78, 5) is 25.4. The van der Waals surface area contributed by atoms with Crippen LogP contribution >= 0.6 is 11.3 Å². The summed E-state index contributed by atoms with van der Waals surface area (Å²) in [6.45, 7) is 6.33. The molecule has 0 aromatic carbocycles. The van der Waals surface area contributed by atoms with E-state index in [1.54, 1.807) is 12.4 Å². The topological polar surface area (TPSA) is 87.1 Å². The summed E-state index contributed by atoms with van der Waals surface area (Å²) in [5.74, 6) is 0.520. The number of nitrogens with zero attached hydrogens (tertiary/aromatic N) is 6. The molecule has 0 bridgehead atoms. The Balaban J connectivity index is 1.54. The van der Waals surface area contributed by atoms with Gasteiger partial charge in [-0.25, -0.2) is 9.78 Å². The van der Waals surface area contributed by atoms with Crippen LogP contribution in [0.5, 0.6) is 0 Å². The average molecular weight is 383 g/mol. The highest BCUT2D eigenvalue weighted by Crippen LogP contribution is 2.26. The number of piperazine rings is 1. The lowest BCUT2D eigenvalue weighted by Gasteiger charge is -2.37. The highest BCUT2D eigenvalue weighted by Gasteiger charge is 2.24. The van der Waals surface area contributed by atoms with Gasteiger partial charge in [0.25, 0.3) is 0 Å². The van der Waals surface area contributed by atoms with Crippen LogP contribution in [0.4, 0.5) is 10.6 Å². The molecule has 0 aliphatic carbocycles. The van der Waals surface area contributed by atoms with E-state index >= 15 is 0 Å². The van der Waals surface area contributed by atoms with Crippen LogP contribution in [0.15, 0.2) is 24.5 Å². The van der Waals surface area contributed by atoms with E-state index in [4.69, 9.17) is 0 Å². The molecule has 3 aromatic rings. The zero-order valence-corrected chi connectivity index (χ0v) is 16.3. The molecule has 27 heavy (non-hydrogen) atoms. The Kier molecular flexibility index (Phi) is 4.71. The van der Waals surface area contributed by atoms with E-state index in [9.17, 15) is 4.79 Å². The van der Waals surface area contributed by atoms with Crippen LogP contribution in [0.25, 0.3) is 21.5 Å². The summed E-state index contributed by atoms with van der Waals surface area (Å²) < 4.78 is 0. The number of fused-ring (bicyclic) bond motifs is 1. The van der Waals surface area contributed by atoms with Crippen LogP contribution in [0.2, 0.25) is 0 Å². The second-order valence-electron chi connectivity index (χ2n) is 6.82. The van der Waals surface area contributed by atoms with E-state index < -0.39 is 0 Å². The molecular formula is C18H21N7OS. The molecule has 1 atom stereocenters. The van der Waals surface area contributed by atoms with E-state index in [2.05, 4.69) is 44.4 Å². The van der Waals surface area contributed by atoms with E-state index in [1.807, 2.05) is 24.0 Å². The smallest absolute Gasteiger partial charge is 0.322 e. The Bertz CT molecular complexity index is 989. The molecule has 1 aliphatic heterocycles. The highest BCUT2D eigenvalue weighted by atomic mass is 32.1. The lowest BCUT2D eigenvalue weighted by Crippen LogP contribution is -2.53. The van der Waals surface area contributed by atoms with Crippen LogP contribution < -0.4 is 5.32 Å². The summed E-state index contributed by atoms with van der Waals surface area (Å²) >= 11 is 1.53. The molecule has 0 saturated carbocycles. The van der Waals surface area contributed by atoms with Crippen molar-refractivity contribution in [2.24, 2.45) is 0 Å². The van der Waals surface area contributed by atoms with Gasteiger partial charge in [-0.3, -0.25) is 10.3 Å². The summed E-state index contributed by atoms with van der Waals surface area (Å²) in [5, 5.41) is 13.8. The maximum absolute atomic E-state index is 12.6. The number of carbonyl (C=O) groups excluding carboxylic acids is 1. The largest absolute Gasteiger partial charge is 0.323 e. The molecule has 4 rings (SSSR count). The minimum absolute atomic E-state index is 0.120. The molecule has 140 valence electrons. The molecule has 1 N–H and O–H groups in total. The predicted molar refractivity (Wildman–Crippen MR) is 106 cm³/mol. The van der Waals surface area contributed by atoms with Crippen LogP contribution in [0.1, 0.15) is 11.9 Å². The van der Waals surface area contributed by atoms with Crippen molar-refractivity contribution in [2.45, 2.75) is 19.9 Å². The van der Waals surface area contributed by atoms with Crippen molar-refractivity contribution in [3.8, 4) is 10.6 Å². The Labute approximate surface area is 161 Å². The van der Waals surface area contributed by atoms with Crippen molar-refractivity contribution in [1.82, 2.24) is 30.0 Å². The third kappa shape index (κ3) is 3.74. The molecule has 2 amide bonds. The molecule has 0 radical (unpaired) electrons. The number of urea groups is 1. The number of aromatic nitrogens is 4. The van der Waals surface area contributed by atoms with Crippen molar-refractivity contribution in [2.75, 3.05) is 32.0 Å². The van der Waals surface area contributed by atoms with Crippen molar-refractivity contribution >= 4 is 34.1 Å². The molecule has 3 aromatic heterocycles. The number of amides is 2. The van der Waals surface area contributed by atoms with Gasteiger partial charge in [-0.1, -0.05) is 11.3 Å². The number of nitrogens with one attached hydrogen (secondary N) is 1. The van der Waals surface area contributed by atoms with Crippen LogP contribution in [-0.4, -0.2) is 68.7 Å². The molecule has 1 fully saturated rings. The standard InChI is InChI=1S/C18H21N7OS/c1-11-10-25(5-4-24(11)3)18(26)21-16-7-13-6-14(8-19-15(13)9-20-16)17-23-22-12(2)27-17/h6-9,11H,4-5,10H2,1-3H3,(H,20,21,26)/t11-/m1/s1. The van der Waals surface area contributed by atoms with Gasteiger partial charge in [0.05, 0.1) is 11.7 Å². The predicted octanol–water partition coefficient (Wildman–Crippen LogP) is 2.62. The zero-order valence-electron chi connectivity index (χ0n) is 15.5. The van der Waals surface area contributed by atoms with Crippen molar-refractivity contribution < 1.29 is 4.79 Å². The van der Waals surface area contributed by atoms with Gasteiger partial charge in [0, 0.05) is 42.8 Å². The maximum atomic E-state index is 12.6. The number of anilines is 1. The Morgan fingerprint density at radius 3 is 2.81 bits per heavy atom. The summed E-state index contributed by atoms with van der Waals surface area (Å²) in [7, 11) is 2.08. The van der Waals surface area contributed by atoms with Gasteiger partial charge in [0.1, 0.15) is 15.8 Å². The second kappa shape index (κ2) is 7.16. The molecule has 4 heterocycles. The van der Waals surface area contributed by atoms with Gasteiger partial charge in [-0.05, 0) is 33.0 Å². The first-order valence-electron chi connectivity index (χ1n) is 8.82. The lowest BCUT2D eigenvalue weighted by atomic mass is 10.2. The van der Waals surface area contributed by atoms with E-state index in [-0.39, 0.29) is 6.03 Å². The number of likely N-dealkylation sites (N-methyl/N-ethyl adjacent to an activating group) is 1. The Morgan fingerprint density at radius 2 is 2.07 bits per heavy atom. The molecule has 1 aliphatic rings. The van der Waals surface area contributed by atoms with Crippen LogP contribution in [0.3, 0.4) is 0 Å². The highest BCUT2D eigenvalue weighted by molar-refractivity contribution is 7.14. The first kappa shape index (κ1) is 17.7. The van der Waals surface area contributed by atoms with E-state index in [1.165, 1.54) is 11.3 Å². The van der Waals surface area contributed by atoms with E-state index in [0.29, 0.717) is 24.9 Å². The monoisotopic (exact) mass is 383 g/mol. The molecule has 0 unspecified atom stereocenters. The van der Waals surface area contributed by atoms with Crippen LogP contribution in [-0.2, 0) is 0 Å².